The van der Waals surface area contributed by atoms with E-state index in [1.165, 1.54) is 12.1 Å². The van der Waals surface area contributed by atoms with Gasteiger partial charge in [0.05, 0.1) is 5.56 Å². The zero-order valence-electron chi connectivity index (χ0n) is 10.9. The van der Waals surface area contributed by atoms with Gasteiger partial charge in [0.25, 0.3) is 5.91 Å². The summed E-state index contributed by atoms with van der Waals surface area (Å²) >= 11 is 0. The summed E-state index contributed by atoms with van der Waals surface area (Å²) in [6.45, 7) is 1.30. The normalized spacial score (nSPS) is 10.2. The van der Waals surface area contributed by atoms with Gasteiger partial charge in [0.15, 0.2) is 0 Å². The third kappa shape index (κ3) is 5.52. The molecule has 5 heteroatoms. The molecule has 0 aliphatic carbocycles. The molecular formula is C14H20N2O3. The van der Waals surface area contributed by atoms with Crippen LogP contribution in [0.2, 0.25) is 0 Å². The maximum absolute atomic E-state index is 11.8. The Labute approximate surface area is 112 Å². The highest BCUT2D eigenvalue weighted by atomic mass is 16.4. The Hall–Kier alpha value is -1.88. The Morgan fingerprint density at radius 3 is 2.47 bits per heavy atom. The summed E-state index contributed by atoms with van der Waals surface area (Å²) in [6.07, 6.45) is 4.02. The number of amides is 1. The monoisotopic (exact) mass is 264 g/mol. The number of carboxylic acids is 1. The molecular weight excluding hydrogens is 244 g/mol. The van der Waals surface area contributed by atoms with Gasteiger partial charge in [0, 0.05) is 12.1 Å². The number of aromatic carboxylic acids is 1. The number of hydrogen-bond acceptors (Lipinski definition) is 3. The average Bonchev–Trinajstić information content (AvgIpc) is 2.42. The van der Waals surface area contributed by atoms with Crippen LogP contribution in [-0.2, 0) is 0 Å². The first kappa shape index (κ1) is 15.2. The highest BCUT2D eigenvalue weighted by Crippen LogP contribution is 2.05. The van der Waals surface area contributed by atoms with Crippen LogP contribution in [0.4, 0.5) is 0 Å². The quantitative estimate of drug-likeness (QED) is 0.622. The van der Waals surface area contributed by atoms with Crippen LogP contribution in [0, 0.1) is 0 Å². The van der Waals surface area contributed by atoms with E-state index in [1.807, 2.05) is 0 Å². The zero-order valence-corrected chi connectivity index (χ0v) is 10.9. The minimum Gasteiger partial charge on any atom is -0.478 e. The third-order valence-corrected chi connectivity index (χ3v) is 2.79. The number of unbranched alkanes of at least 4 members (excludes halogenated alkanes) is 3. The first-order chi connectivity index (χ1) is 9.15. The first-order valence-corrected chi connectivity index (χ1v) is 6.47. The number of nitrogens with two attached hydrogens (primary N) is 1. The lowest BCUT2D eigenvalue weighted by molar-refractivity contribution is 0.0697. The summed E-state index contributed by atoms with van der Waals surface area (Å²) in [6, 6.07) is 6.02. The second-order valence-electron chi connectivity index (χ2n) is 4.34. The number of benzene rings is 1. The van der Waals surface area contributed by atoms with Gasteiger partial charge in [-0.25, -0.2) is 4.79 Å². The van der Waals surface area contributed by atoms with E-state index in [-0.39, 0.29) is 11.5 Å². The second kappa shape index (κ2) is 8.26. The molecule has 0 radical (unpaired) electrons. The highest BCUT2D eigenvalue weighted by Gasteiger charge is 2.08. The van der Waals surface area contributed by atoms with E-state index in [0.717, 1.165) is 25.7 Å². The molecule has 0 atom stereocenters. The topological polar surface area (TPSA) is 92.4 Å². The number of carboxylic acid groups (broad SMARTS) is 1. The van der Waals surface area contributed by atoms with Crippen molar-refractivity contribution in [3.05, 3.63) is 35.4 Å². The van der Waals surface area contributed by atoms with Crippen LogP contribution in [0.5, 0.6) is 0 Å². The van der Waals surface area contributed by atoms with E-state index in [2.05, 4.69) is 5.32 Å². The summed E-state index contributed by atoms with van der Waals surface area (Å²) < 4.78 is 0. The van der Waals surface area contributed by atoms with Crippen molar-refractivity contribution in [1.29, 1.82) is 0 Å². The SMILES string of the molecule is NCCCCCCNC(=O)c1cccc(C(=O)O)c1. The summed E-state index contributed by atoms with van der Waals surface area (Å²) in [5.74, 6) is -1.27. The molecule has 0 bridgehead atoms. The molecule has 5 nitrogen and oxygen atoms in total. The Balaban J connectivity index is 2.37. The smallest absolute Gasteiger partial charge is 0.335 e. The van der Waals surface area contributed by atoms with Crippen LogP contribution >= 0.6 is 0 Å². The molecule has 1 rings (SSSR count). The van der Waals surface area contributed by atoms with Gasteiger partial charge < -0.3 is 16.2 Å². The lowest BCUT2D eigenvalue weighted by Crippen LogP contribution is -2.24. The molecule has 0 aliphatic heterocycles. The number of nitrogens with one attached hydrogen (secondary N) is 1. The van der Waals surface area contributed by atoms with E-state index in [9.17, 15) is 9.59 Å². The van der Waals surface area contributed by atoms with E-state index < -0.39 is 5.97 Å². The Morgan fingerprint density at radius 1 is 1.11 bits per heavy atom. The number of carbonyl (C=O) groups excluding carboxylic acids is 1. The molecule has 0 saturated carbocycles. The molecule has 1 aromatic carbocycles. The molecule has 0 heterocycles. The van der Waals surface area contributed by atoms with Gasteiger partial charge >= 0.3 is 5.97 Å². The minimum atomic E-state index is -1.03. The summed E-state index contributed by atoms with van der Waals surface area (Å²) in [7, 11) is 0. The molecule has 0 saturated heterocycles. The predicted octanol–water partition coefficient (Wildman–Crippen LogP) is 1.63. The van der Waals surface area contributed by atoms with Crippen molar-refractivity contribution in [1.82, 2.24) is 5.32 Å². The van der Waals surface area contributed by atoms with Gasteiger partial charge in [0.1, 0.15) is 0 Å². The fraction of sp³-hybridized carbons (Fsp3) is 0.429. The molecule has 0 aliphatic rings. The van der Waals surface area contributed by atoms with Gasteiger partial charge in [-0.15, -0.1) is 0 Å². The molecule has 1 amide bonds. The summed E-state index contributed by atoms with van der Waals surface area (Å²) in [5, 5.41) is 11.6. The molecule has 0 aromatic heterocycles. The first-order valence-electron chi connectivity index (χ1n) is 6.47. The average molecular weight is 264 g/mol. The molecule has 1 aromatic rings. The van der Waals surface area contributed by atoms with E-state index in [0.29, 0.717) is 18.7 Å². The van der Waals surface area contributed by atoms with Crippen LogP contribution in [0.15, 0.2) is 24.3 Å². The summed E-state index contributed by atoms with van der Waals surface area (Å²) in [5.41, 5.74) is 5.89. The van der Waals surface area contributed by atoms with Gasteiger partial charge in [-0.1, -0.05) is 18.9 Å². The minimum absolute atomic E-state index is 0.121. The Bertz CT molecular complexity index is 432. The van der Waals surface area contributed by atoms with Crippen molar-refractivity contribution in [2.75, 3.05) is 13.1 Å². The molecule has 104 valence electrons. The van der Waals surface area contributed by atoms with Crippen LogP contribution in [-0.4, -0.2) is 30.1 Å². The largest absolute Gasteiger partial charge is 0.478 e. The second-order valence-corrected chi connectivity index (χ2v) is 4.34. The fourth-order valence-corrected chi connectivity index (χ4v) is 1.72. The van der Waals surface area contributed by atoms with Crippen LogP contribution in [0.3, 0.4) is 0 Å². The molecule has 0 spiro atoms. The van der Waals surface area contributed by atoms with Crippen molar-refractivity contribution in [3.8, 4) is 0 Å². The lowest BCUT2D eigenvalue weighted by atomic mass is 10.1. The number of rotatable bonds is 8. The van der Waals surface area contributed by atoms with Crippen LogP contribution < -0.4 is 11.1 Å². The third-order valence-electron chi connectivity index (χ3n) is 2.79. The maximum atomic E-state index is 11.8. The fourth-order valence-electron chi connectivity index (χ4n) is 1.72. The van der Waals surface area contributed by atoms with E-state index >= 15 is 0 Å². The zero-order chi connectivity index (χ0) is 14.1. The number of carbonyl (C=O) groups is 2. The van der Waals surface area contributed by atoms with Gasteiger partial charge in [-0.2, -0.15) is 0 Å². The highest BCUT2D eigenvalue weighted by molar-refractivity contribution is 5.97. The van der Waals surface area contributed by atoms with Crippen molar-refractivity contribution in [2.24, 2.45) is 5.73 Å². The van der Waals surface area contributed by atoms with Crippen LogP contribution in [0.1, 0.15) is 46.4 Å². The number of hydrogen-bond donors (Lipinski definition) is 3. The van der Waals surface area contributed by atoms with Gasteiger partial charge in [0.2, 0.25) is 0 Å². The molecule has 19 heavy (non-hydrogen) atoms. The Morgan fingerprint density at radius 2 is 1.79 bits per heavy atom. The standard InChI is InChI=1S/C14H20N2O3/c15-8-3-1-2-4-9-16-13(17)11-6-5-7-12(10-11)14(18)19/h5-7,10H,1-4,8-9,15H2,(H,16,17)(H,18,19). The van der Waals surface area contributed by atoms with Gasteiger partial charge in [-0.05, 0) is 37.6 Å². The van der Waals surface area contributed by atoms with E-state index in [4.69, 9.17) is 10.8 Å². The maximum Gasteiger partial charge on any atom is 0.335 e. The van der Waals surface area contributed by atoms with Crippen molar-refractivity contribution in [2.45, 2.75) is 25.7 Å². The predicted molar refractivity (Wildman–Crippen MR) is 73.3 cm³/mol. The summed E-state index contributed by atoms with van der Waals surface area (Å²) in [4.78, 5) is 22.6. The van der Waals surface area contributed by atoms with Crippen molar-refractivity contribution < 1.29 is 14.7 Å². The van der Waals surface area contributed by atoms with Crippen molar-refractivity contribution >= 4 is 11.9 Å². The van der Waals surface area contributed by atoms with Crippen molar-refractivity contribution in [3.63, 3.8) is 0 Å². The van der Waals surface area contributed by atoms with Crippen LogP contribution in [0.25, 0.3) is 0 Å². The van der Waals surface area contributed by atoms with Gasteiger partial charge in [-0.3, -0.25) is 4.79 Å². The molecule has 4 N–H and O–H groups in total. The van der Waals surface area contributed by atoms with E-state index in [1.54, 1.807) is 12.1 Å². The Kier molecular flexibility index (Phi) is 6.60. The lowest BCUT2D eigenvalue weighted by Gasteiger charge is -2.05. The molecule has 0 unspecified atom stereocenters. The molecule has 0 fully saturated rings.